The van der Waals surface area contributed by atoms with Crippen LogP contribution in [0, 0.1) is 10.1 Å². The Kier molecular flexibility index (Phi) is 4.28. The lowest BCUT2D eigenvalue weighted by atomic mass is 9.92. The maximum atomic E-state index is 10.8. The Morgan fingerprint density at radius 3 is 2.31 bits per heavy atom. The second kappa shape index (κ2) is 5.49. The Labute approximate surface area is 95.4 Å². The zero-order valence-electron chi connectivity index (χ0n) is 9.84. The standard InChI is InChI=1S/C12H17NO3/c1-4-12(13(14)15)9(2)10-5-7-11(16-3)8-6-10/h5-9,12H,4H2,1-3H3. The quantitative estimate of drug-likeness (QED) is 0.569. The molecule has 0 aliphatic carbocycles. The van der Waals surface area contributed by atoms with Crippen LogP contribution >= 0.6 is 0 Å². The van der Waals surface area contributed by atoms with Gasteiger partial charge in [-0.05, 0) is 17.7 Å². The lowest BCUT2D eigenvalue weighted by molar-refractivity contribution is -0.526. The summed E-state index contributed by atoms with van der Waals surface area (Å²) in [5.74, 6) is 0.691. The fourth-order valence-electron chi connectivity index (χ4n) is 1.81. The van der Waals surface area contributed by atoms with Crippen molar-refractivity contribution in [2.45, 2.75) is 32.2 Å². The second-order valence-corrected chi connectivity index (χ2v) is 3.82. The molecule has 88 valence electrons. The molecule has 2 atom stereocenters. The van der Waals surface area contributed by atoms with Gasteiger partial charge in [-0.3, -0.25) is 10.1 Å². The molecule has 0 aliphatic rings. The van der Waals surface area contributed by atoms with Crippen LogP contribution in [0.1, 0.15) is 31.7 Å². The van der Waals surface area contributed by atoms with Crippen molar-refractivity contribution < 1.29 is 9.66 Å². The molecule has 0 saturated heterocycles. The van der Waals surface area contributed by atoms with Crippen molar-refractivity contribution in [2.24, 2.45) is 0 Å². The van der Waals surface area contributed by atoms with E-state index < -0.39 is 6.04 Å². The molecule has 4 heteroatoms. The molecule has 0 fully saturated rings. The van der Waals surface area contributed by atoms with Crippen molar-refractivity contribution in [3.8, 4) is 5.75 Å². The van der Waals surface area contributed by atoms with Crippen molar-refractivity contribution in [1.29, 1.82) is 0 Å². The highest BCUT2D eigenvalue weighted by atomic mass is 16.6. The molecular formula is C12H17NO3. The summed E-state index contributed by atoms with van der Waals surface area (Å²) in [6.07, 6.45) is 0.542. The van der Waals surface area contributed by atoms with Crippen LogP contribution in [0.5, 0.6) is 5.75 Å². The smallest absolute Gasteiger partial charge is 0.219 e. The van der Waals surface area contributed by atoms with E-state index in [9.17, 15) is 10.1 Å². The molecule has 0 spiro atoms. The number of nitro groups is 1. The number of benzene rings is 1. The van der Waals surface area contributed by atoms with Crippen molar-refractivity contribution in [1.82, 2.24) is 0 Å². The van der Waals surface area contributed by atoms with E-state index in [2.05, 4.69) is 0 Å². The van der Waals surface area contributed by atoms with Crippen LogP contribution in [0.3, 0.4) is 0 Å². The molecule has 0 N–H and O–H groups in total. The maximum absolute atomic E-state index is 10.8. The van der Waals surface area contributed by atoms with Gasteiger partial charge in [-0.25, -0.2) is 0 Å². The first-order valence-corrected chi connectivity index (χ1v) is 5.37. The first kappa shape index (κ1) is 12.5. The minimum absolute atomic E-state index is 0.0779. The molecule has 1 aromatic carbocycles. The summed E-state index contributed by atoms with van der Waals surface area (Å²) in [5.41, 5.74) is 0.976. The van der Waals surface area contributed by atoms with Crippen LogP contribution in [-0.2, 0) is 0 Å². The Balaban J connectivity index is 2.86. The van der Waals surface area contributed by atoms with Gasteiger partial charge >= 0.3 is 0 Å². The predicted molar refractivity (Wildman–Crippen MR) is 62.5 cm³/mol. The van der Waals surface area contributed by atoms with Crippen LogP contribution in [0.2, 0.25) is 0 Å². The van der Waals surface area contributed by atoms with Crippen LogP contribution in [0.4, 0.5) is 0 Å². The zero-order chi connectivity index (χ0) is 12.1. The van der Waals surface area contributed by atoms with E-state index in [1.54, 1.807) is 7.11 Å². The third-order valence-corrected chi connectivity index (χ3v) is 2.91. The number of hydrogen-bond acceptors (Lipinski definition) is 3. The van der Waals surface area contributed by atoms with Crippen LogP contribution in [0.25, 0.3) is 0 Å². The monoisotopic (exact) mass is 223 g/mol. The van der Waals surface area contributed by atoms with E-state index in [-0.39, 0.29) is 10.8 Å². The molecule has 1 aromatic rings. The van der Waals surface area contributed by atoms with E-state index in [0.29, 0.717) is 6.42 Å². The average Bonchev–Trinajstić information content (AvgIpc) is 2.29. The minimum atomic E-state index is -0.520. The molecule has 0 amide bonds. The number of hydrogen-bond donors (Lipinski definition) is 0. The molecule has 4 nitrogen and oxygen atoms in total. The summed E-state index contributed by atoms with van der Waals surface area (Å²) in [4.78, 5) is 10.6. The van der Waals surface area contributed by atoms with Gasteiger partial charge in [0.2, 0.25) is 6.04 Å². The SMILES string of the molecule is CCC(C(C)c1ccc(OC)cc1)[N+](=O)[O-]. The highest BCUT2D eigenvalue weighted by molar-refractivity contribution is 5.29. The van der Waals surface area contributed by atoms with Crippen LogP contribution in [0.15, 0.2) is 24.3 Å². The van der Waals surface area contributed by atoms with Gasteiger partial charge < -0.3 is 4.74 Å². The molecule has 1 rings (SSSR count). The van der Waals surface area contributed by atoms with Crippen LogP contribution < -0.4 is 4.74 Å². The number of nitrogens with zero attached hydrogens (tertiary/aromatic N) is 1. The van der Waals surface area contributed by atoms with Gasteiger partial charge in [0.15, 0.2) is 0 Å². The van der Waals surface area contributed by atoms with Crippen LogP contribution in [-0.4, -0.2) is 18.1 Å². The highest BCUT2D eigenvalue weighted by Crippen LogP contribution is 2.24. The van der Waals surface area contributed by atoms with Crippen molar-refractivity contribution in [3.05, 3.63) is 39.9 Å². The van der Waals surface area contributed by atoms with Gasteiger partial charge in [-0.15, -0.1) is 0 Å². The summed E-state index contributed by atoms with van der Waals surface area (Å²) in [5, 5.41) is 10.8. The Morgan fingerprint density at radius 2 is 1.94 bits per heavy atom. The van der Waals surface area contributed by atoms with E-state index in [1.165, 1.54) is 0 Å². The van der Waals surface area contributed by atoms with Crippen molar-refractivity contribution in [2.75, 3.05) is 7.11 Å². The summed E-state index contributed by atoms with van der Waals surface area (Å²) in [6, 6.07) is 6.91. The fourth-order valence-corrected chi connectivity index (χ4v) is 1.81. The van der Waals surface area contributed by atoms with E-state index in [1.807, 2.05) is 38.1 Å². The molecular weight excluding hydrogens is 206 g/mol. The normalized spacial score (nSPS) is 14.2. The van der Waals surface area contributed by atoms with Gasteiger partial charge in [0.05, 0.1) is 7.11 Å². The lowest BCUT2D eigenvalue weighted by Gasteiger charge is -2.16. The maximum Gasteiger partial charge on any atom is 0.219 e. The molecule has 0 heterocycles. The van der Waals surface area contributed by atoms with Crippen molar-refractivity contribution >= 4 is 0 Å². The van der Waals surface area contributed by atoms with Gasteiger partial charge in [0.25, 0.3) is 0 Å². The van der Waals surface area contributed by atoms with Gasteiger partial charge in [0, 0.05) is 17.3 Å². The second-order valence-electron chi connectivity index (χ2n) is 3.82. The molecule has 0 aromatic heterocycles. The van der Waals surface area contributed by atoms with Gasteiger partial charge in [0.1, 0.15) is 5.75 Å². The summed E-state index contributed by atoms with van der Waals surface area (Å²) < 4.78 is 5.05. The lowest BCUT2D eigenvalue weighted by Crippen LogP contribution is -2.24. The molecule has 0 saturated carbocycles. The Hall–Kier alpha value is -1.58. The van der Waals surface area contributed by atoms with E-state index in [4.69, 9.17) is 4.74 Å². The zero-order valence-corrected chi connectivity index (χ0v) is 9.84. The summed E-state index contributed by atoms with van der Waals surface area (Å²) in [6.45, 7) is 3.73. The fraction of sp³-hybridized carbons (Fsp3) is 0.500. The van der Waals surface area contributed by atoms with E-state index >= 15 is 0 Å². The molecule has 0 radical (unpaired) electrons. The van der Waals surface area contributed by atoms with Crippen molar-refractivity contribution in [3.63, 3.8) is 0 Å². The minimum Gasteiger partial charge on any atom is -0.497 e. The highest BCUT2D eigenvalue weighted by Gasteiger charge is 2.26. The third kappa shape index (κ3) is 2.72. The molecule has 0 aliphatic heterocycles. The first-order valence-electron chi connectivity index (χ1n) is 5.37. The van der Waals surface area contributed by atoms with E-state index in [0.717, 1.165) is 11.3 Å². The molecule has 0 bridgehead atoms. The average molecular weight is 223 g/mol. The molecule has 16 heavy (non-hydrogen) atoms. The topological polar surface area (TPSA) is 52.4 Å². The first-order chi connectivity index (χ1) is 7.60. The Morgan fingerprint density at radius 1 is 1.38 bits per heavy atom. The molecule has 2 unspecified atom stereocenters. The number of ether oxygens (including phenoxy) is 1. The number of rotatable bonds is 5. The largest absolute Gasteiger partial charge is 0.497 e. The predicted octanol–water partition coefficient (Wildman–Crippen LogP) is 2.85. The number of methoxy groups -OCH3 is 1. The Bertz CT molecular complexity index is 348. The summed E-state index contributed by atoms with van der Waals surface area (Å²) >= 11 is 0. The van der Waals surface area contributed by atoms with Gasteiger partial charge in [-0.2, -0.15) is 0 Å². The summed E-state index contributed by atoms with van der Waals surface area (Å²) in [7, 11) is 1.60. The van der Waals surface area contributed by atoms with Gasteiger partial charge in [-0.1, -0.05) is 26.0 Å². The third-order valence-electron chi connectivity index (χ3n) is 2.91.